The zero-order valence-corrected chi connectivity index (χ0v) is 16.0. The van der Waals surface area contributed by atoms with Crippen LogP contribution in [-0.4, -0.2) is 32.3 Å². The fraction of sp³-hybridized carbons (Fsp3) is 0.556. The molecule has 0 saturated carbocycles. The summed E-state index contributed by atoms with van der Waals surface area (Å²) in [6, 6.07) is 6.67. The molecule has 0 amide bonds. The summed E-state index contributed by atoms with van der Waals surface area (Å²) in [6.45, 7) is 11.4. The molecule has 1 heterocycles. The van der Waals surface area contributed by atoms with Gasteiger partial charge in [0.1, 0.15) is 5.82 Å². The number of nitrogens with zero attached hydrogens (tertiary/aromatic N) is 4. The molecule has 1 aromatic carbocycles. The Morgan fingerprint density at radius 2 is 1.71 bits per heavy atom. The second kappa shape index (κ2) is 8.03. The average molecular weight is 351 g/mol. The Kier molecular flexibility index (Phi) is 6.29. The number of aromatic nitrogens is 3. The molecule has 4 nitrogen and oxygen atoms in total. The van der Waals surface area contributed by atoms with Gasteiger partial charge in [0.2, 0.25) is 0 Å². The molecule has 1 aromatic heterocycles. The van der Waals surface area contributed by atoms with E-state index in [0.29, 0.717) is 34.7 Å². The van der Waals surface area contributed by atoms with Crippen molar-refractivity contribution < 1.29 is 4.39 Å². The van der Waals surface area contributed by atoms with Gasteiger partial charge in [-0.3, -0.25) is 4.90 Å². The molecule has 0 saturated heterocycles. The number of hydrogen-bond acceptors (Lipinski definition) is 3. The van der Waals surface area contributed by atoms with E-state index in [0.717, 1.165) is 13.1 Å². The molecule has 0 fully saturated rings. The summed E-state index contributed by atoms with van der Waals surface area (Å²) in [5, 5.41) is 4.59. The number of rotatable bonds is 7. The maximum absolute atomic E-state index is 14.1. The van der Waals surface area contributed by atoms with Crippen LogP contribution in [0.15, 0.2) is 24.3 Å². The molecule has 24 heavy (non-hydrogen) atoms. The van der Waals surface area contributed by atoms with Crippen LogP contribution < -0.4 is 0 Å². The van der Waals surface area contributed by atoms with E-state index in [2.05, 4.69) is 37.7 Å². The Bertz CT molecular complexity index is 723. The van der Waals surface area contributed by atoms with Gasteiger partial charge in [0.05, 0.1) is 12.2 Å². The van der Waals surface area contributed by atoms with Crippen LogP contribution >= 0.6 is 12.2 Å². The zero-order chi connectivity index (χ0) is 17.9. The topological polar surface area (TPSA) is 26.0 Å². The lowest BCUT2D eigenvalue weighted by Gasteiger charge is -2.25. The Balaban J connectivity index is 2.33. The van der Waals surface area contributed by atoms with E-state index in [-0.39, 0.29) is 5.82 Å². The molecule has 0 bridgehead atoms. The second-order valence-electron chi connectivity index (χ2n) is 7.11. The van der Waals surface area contributed by atoms with Gasteiger partial charge in [-0.2, -0.15) is 5.10 Å². The minimum Gasteiger partial charge on any atom is -0.303 e. The number of hydrogen-bond donors (Lipinski definition) is 0. The van der Waals surface area contributed by atoms with E-state index in [4.69, 9.17) is 12.2 Å². The lowest BCUT2D eigenvalue weighted by Crippen LogP contribution is -2.33. The van der Waals surface area contributed by atoms with Crippen molar-refractivity contribution in [1.29, 1.82) is 0 Å². The molecular weight excluding hydrogens is 323 g/mol. The molecule has 0 spiro atoms. The van der Waals surface area contributed by atoms with Crippen LogP contribution in [0.1, 0.15) is 27.7 Å². The molecular formula is C18H27FN4S. The highest BCUT2D eigenvalue weighted by molar-refractivity contribution is 7.71. The highest BCUT2D eigenvalue weighted by atomic mass is 32.1. The van der Waals surface area contributed by atoms with Gasteiger partial charge < -0.3 is 4.57 Å². The summed E-state index contributed by atoms with van der Waals surface area (Å²) < 4.78 is 18.3. The first-order valence-corrected chi connectivity index (χ1v) is 8.81. The van der Waals surface area contributed by atoms with Crippen LogP contribution in [0.25, 0.3) is 11.4 Å². The zero-order valence-electron chi connectivity index (χ0n) is 15.2. The third kappa shape index (κ3) is 4.51. The molecule has 132 valence electrons. The minimum absolute atomic E-state index is 0.283. The van der Waals surface area contributed by atoms with Gasteiger partial charge in [0.25, 0.3) is 0 Å². The third-order valence-electron chi connectivity index (χ3n) is 3.74. The van der Waals surface area contributed by atoms with Gasteiger partial charge in [0.15, 0.2) is 10.6 Å². The SMILES string of the molecule is CC(C)CN(CC(C)C)Cn1nc(-c2ccccc2F)n(C)c1=S. The molecule has 0 aliphatic rings. The summed E-state index contributed by atoms with van der Waals surface area (Å²) in [6.07, 6.45) is 0. The first kappa shape index (κ1) is 18.8. The van der Waals surface area contributed by atoms with Crippen LogP contribution in [0.3, 0.4) is 0 Å². The van der Waals surface area contributed by atoms with Gasteiger partial charge in [0, 0.05) is 20.1 Å². The Morgan fingerprint density at radius 3 is 2.25 bits per heavy atom. The van der Waals surface area contributed by atoms with Gasteiger partial charge >= 0.3 is 0 Å². The van der Waals surface area contributed by atoms with Crippen molar-refractivity contribution in [3.05, 3.63) is 34.9 Å². The predicted molar refractivity (Wildman–Crippen MR) is 98.7 cm³/mol. The average Bonchev–Trinajstić information content (AvgIpc) is 2.75. The van der Waals surface area contributed by atoms with Gasteiger partial charge in [-0.15, -0.1) is 0 Å². The summed E-state index contributed by atoms with van der Waals surface area (Å²) in [7, 11) is 1.84. The highest BCUT2D eigenvalue weighted by Gasteiger charge is 2.16. The molecule has 2 rings (SSSR count). The molecule has 0 atom stereocenters. The van der Waals surface area contributed by atoms with E-state index in [9.17, 15) is 4.39 Å². The monoisotopic (exact) mass is 350 g/mol. The maximum Gasteiger partial charge on any atom is 0.199 e. The van der Waals surface area contributed by atoms with Gasteiger partial charge in [-0.05, 0) is 36.2 Å². The van der Waals surface area contributed by atoms with E-state index in [1.165, 1.54) is 6.07 Å². The first-order chi connectivity index (χ1) is 11.3. The maximum atomic E-state index is 14.1. The first-order valence-electron chi connectivity index (χ1n) is 8.40. The van der Waals surface area contributed by atoms with E-state index in [1.54, 1.807) is 21.4 Å². The smallest absolute Gasteiger partial charge is 0.199 e. The van der Waals surface area contributed by atoms with Crippen LogP contribution in [0.4, 0.5) is 4.39 Å². The largest absolute Gasteiger partial charge is 0.303 e. The number of benzene rings is 1. The minimum atomic E-state index is -0.283. The van der Waals surface area contributed by atoms with Crippen LogP contribution in [0.2, 0.25) is 0 Å². The van der Waals surface area contributed by atoms with Crippen molar-refractivity contribution in [1.82, 2.24) is 19.2 Å². The van der Waals surface area contributed by atoms with E-state index in [1.807, 2.05) is 13.1 Å². The van der Waals surface area contributed by atoms with Crippen molar-refractivity contribution in [2.45, 2.75) is 34.4 Å². The summed E-state index contributed by atoms with van der Waals surface area (Å²) in [5.41, 5.74) is 0.476. The number of halogens is 1. The molecule has 0 aliphatic heterocycles. The normalized spacial score (nSPS) is 11.9. The van der Waals surface area contributed by atoms with Crippen molar-refractivity contribution in [2.24, 2.45) is 18.9 Å². The molecule has 6 heteroatoms. The Labute approximate surface area is 148 Å². The Morgan fingerprint density at radius 1 is 1.12 bits per heavy atom. The summed E-state index contributed by atoms with van der Waals surface area (Å²) in [4.78, 5) is 2.35. The van der Waals surface area contributed by atoms with Crippen LogP contribution in [0.5, 0.6) is 0 Å². The van der Waals surface area contributed by atoms with E-state index >= 15 is 0 Å². The lowest BCUT2D eigenvalue weighted by molar-refractivity contribution is 0.165. The van der Waals surface area contributed by atoms with Crippen molar-refractivity contribution in [2.75, 3.05) is 13.1 Å². The van der Waals surface area contributed by atoms with Crippen LogP contribution in [-0.2, 0) is 13.7 Å². The van der Waals surface area contributed by atoms with Crippen molar-refractivity contribution in [3.63, 3.8) is 0 Å². The third-order valence-corrected chi connectivity index (χ3v) is 4.22. The van der Waals surface area contributed by atoms with E-state index < -0.39 is 0 Å². The Hall–Kier alpha value is -1.53. The predicted octanol–water partition coefficient (Wildman–Crippen LogP) is 4.33. The molecule has 0 aliphatic carbocycles. The summed E-state index contributed by atoms with van der Waals surface area (Å²) in [5.74, 6) is 1.40. The van der Waals surface area contributed by atoms with Gasteiger partial charge in [-0.25, -0.2) is 9.07 Å². The second-order valence-corrected chi connectivity index (χ2v) is 7.47. The standard InChI is InChI=1S/C18H27FN4S/c1-13(2)10-22(11-14(3)4)12-23-18(24)21(5)17(20-23)15-8-6-7-9-16(15)19/h6-9,13-14H,10-12H2,1-5H3. The van der Waals surface area contributed by atoms with Gasteiger partial charge in [-0.1, -0.05) is 39.8 Å². The lowest BCUT2D eigenvalue weighted by atomic mass is 10.1. The van der Waals surface area contributed by atoms with Crippen molar-refractivity contribution in [3.8, 4) is 11.4 Å². The molecule has 0 unspecified atom stereocenters. The molecule has 2 aromatic rings. The van der Waals surface area contributed by atoms with Crippen LogP contribution in [0, 0.1) is 22.4 Å². The van der Waals surface area contributed by atoms with Crippen molar-refractivity contribution >= 4 is 12.2 Å². The highest BCUT2D eigenvalue weighted by Crippen LogP contribution is 2.21. The molecule has 0 N–H and O–H groups in total. The quantitative estimate of drug-likeness (QED) is 0.695. The fourth-order valence-electron chi connectivity index (χ4n) is 2.87. The fourth-order valence-corrected chi connectivity index (χ4v) is 3.05. The summed E-state index contributed by atoms with van der Waals surface area (Å²) >= 11 is 5.52. The molecule has 0 radical (unpaired) electrons.